The summed E-state index contributed by atoms with van der Waals surface area (Å²) < 4.78 is 57.2. The molecule has 3 aromatic rings. The van der Waals surface area contributed by atoms with E-state index in [2.05, 4.69) is 11.1 Å². The predicted octanol–water partition coefficient (Wildman–Crippen LogP) is 3.67. The molecule has 164 valence electrons. The fourth-order valence-corrected chi connectivity index (χ4v) is 4.63. The summed E-state index contributed by atoms with van der Waals surface area (Å²) in [6.45, 7) is -0.371. The fraction of sp³-hybridized carbons (Fsp3) is 0.333. The zero-order chi connectivity index (χ0) is 22.5. The van der Waals surface area contributed by atoms with Gasteiger partial charge in [-0.15, -0.1) is 0 Å². The van der Waals surface area contributed by atoms with E-state index in [1.54, 1.807) is 7.05 Å². The van der Waals surface area contributed by atoms with Crippen LogP contribution in [-0.4, -0.2) is 31.7 Å². The summed E-state index contributed by atoms with van der Waals surface area (Å²) in [6.07, 6.45) is 7.29. The molecule has 0 bridgehead atoms. The van der Waals surface area contributed by atoms with E-state index in [1.165, 1.54) is 22.4 Å². The molecule has 31 heavy (non-hydrogen) atoms. The number of hydrogen-bond donors (Lipinski definition) is 1. The van der Waals surface area contributed by atoms with Crippen LogP contribution in [0, 0.1) is 16.4 Å². The van der Waals surface area contributed by atoms with E-state index in [4.69, 9.17) is 9.52 Å². The van der Waals surface area contributed by atoms with Crippen LogP contribution in [0.5, 0.6) is 5.88 Å². The summed E-state index contributed by atoms with van der Waals surface area (Å²) >= 11 is 0. The number of pyridine rings is 1. The van der Waals surface area contributed by atoms with Crippen molar-refractivity contribution in [2.45, 2.75) is 30.7 Å². The first-order valence-corrected chi connectivity index (χ1v) is 11.6. The molecule has 0 saturated carbocycles. The highest BCUT2D eigenvalue weighted by atomic mass is 32.2. The highest BCUT2D eigenvalue weighted by Gasteiger charge is 2.25. The molecular formula is C21H22F2N4O3S. The molecule has 10 heteroatoms. The molecule has 7 nitrogen and oxygen atoms in total. The Balaban J connectivity index is 1.97. The Bertz CT molecular complexity index is 1380. The van der Waals surface area contributed by atoms with E-state index in [0.29, 0.717) is 22.5 Å². The molecule has 1 aromatic carbocycles. The summed E-state index contributed by atoms with van der Waals surface area (Å²) in [6, 6.07) is 1.79. The lowest BCUT2D eigenvalue weighted by Crippen LogP contribution is -2.24. The minimum Gasteiger partial charge on any atom is -0.480 e. The van der Waals surface area contributed by atoms with Gasteiger partial charge in [-0.2, -0.15) is 0 Å². The van der Waals surface area contributed by atoms with Crippen LogP contribution >= 0.6 is 0 Å². The molecule has 0 radical (unpaired) electrons. The van der Waals surface area contributed by atoms with Gasteiger partial charge in [-0.05, 0) is 37.0 Å². The van der Waals surface area contributed by atoms with Crippen LogP contribution in [0.1, 0.15) is 30.4 Å². The van der Waals surface area contributed by atoms with Gasteiger partial charge in [-0.1, -0.05) is 6.08 Å². The molecule has 1 aliphatic carbocycles. The number of rotatable bonds is 5. The van der Waals surface area contributed by atoms with Gasteiger partial charge in [0.1, 0.15) is 11.6 Å². The van der Waals surface area contributed by atoms with Crippen LogP contribution in [0.3, 0.4) is 0 Å². The average Bonchev–Trinajstić information content (AvgIpc) is 3.32. The number of benzene rings is 1. The van der Waals surface area contributed by atoms with Gasteiger partial charge in [-0.3, -0.25) is 9.13 Å². The van der Waals surface area contributed by atoms with Gasteiger partial charge in [0.15, 0.2) is 0 Å². The van der Waals surface area contributed by atoms with Gasteiger partial charge in [0.25, 0.3) is 0 Å². The Morgan fingerprint density at radius 1 is 1.29 bits per heavy atom. The molecule has 2 heterocycles. The first kappa shape index (κ1) is 21.2. The van der Waals surface area contributed by atoms with Crippen molar-refractivity contribution in [1.29, 1.82) is 4.78 Å². The average molecular weight is 448 g/mol. The first-order chi connectivity index (χ1) is 14.6. The first-order valence-electron chi connectivity index (χ1n) is 9.66. The number of aryl methyl sites for hydroxylation is 1. The van der Waals surface area contributed by atoms with Gasteiger partial charge >= 0.3 is 5.69 Å². The molecule has 0 amide bonds. The smallest absolute Gasteiger partial charge is 0.329 e. The van der Waals surface area contributed by atoms with Crippen LogP contribution in [0.2, 0.25) is 0 Å². The molecule has 1 atom stereocenters. The lowest BCUT2D eigenvalue weighted by Gasteiger charge is -2.14. The van der Waals surface area contributed by atoms with Gasteiger partial charge in [0.05, 0.1) is 51.1 Å². The number of allylic oxidation sites excluding steroid dienone is 2. The summed E-state index contributed by atoms with van der Waals surface area (Å²) in [4.78, 5) is 17.1. The molecule has 2 aromatic heterocycles. The number of halogens is 2. The maximum atomic E-state index is 14.8. The Hall–Kier alpha value is -3.01. The van der Waals surface area contributed by atoms with Crippen molar-refractivity contribution < 1.29 is 17.7 Å². The minimum atomic E-state index is -3.29. The van der Waals surface area contributed by atoms with Crippen molar-refractivity contribution in [3.63, 3.8) is 0 Å². The van der Waals surface area contributed by atoms with E-state index in [9.17, 15) is 17.8 Å². The van der Waals surface area contributed by atoms with E-state index >= 15 is 0 Å². The molecule has 4 rings (SSSR count). The molecule has 0 fully saturated rings. The molecular weight excluding hydrogens is 426 g/mol. The fourth-order valence-electron chi connectivity index (χ4n) is 3.98. The lowest BCUT2D eigenvalue weighted by atomic mass is 10.0. The third-order valence-electron chi connectivity index (χ3n) is 5.58. The second-order valence-electron chi connectivity index (χ2n) is 7.63. The van der Waals surface area contributed by atoms with E-state index in [1.807, 2.05) is 0 Å². The zero-order valence-electron chi connectivity index (χ0n) is 17.4. The summed E-state index contributed by atoms with van der Waals surface area (Å²) in [5.41, 5.74) is 1.85. The predicted molar refractivity (Wildman–Crippen MR) is 114 cm³/mol. The standard InChI is InChI=1S/C21H22F2N4O3S/c1-26-17-10-25-20(30-2)18(12-6-4-5-7-12)19(17)27(21(26)28)11-14-15(22)8-13(9-16(14)23)31(3,24)29/h6,8-10,24H,4-5,7,11H2,1-3H3. The largest absolute Gasteiger partial charge is 0.480 e. The SMILES string of the molecule is COc1ncc2c(c1C1=CCCC1)n(Cc1c(F)cc(S(C)(=N)=O)cc1F)c(=O)n2C. The van der Waals surface area contributed by atoms with Crippen molar-refractivity contribution >= 4 is 26.3 Å². The van der Waals surface area contributed by atoms with Gasteiger partial charge in [-0.25, -0.2) is 27.5 Å². The van der Waals surface area contributed by atoms with Crippen molar-refractivity contribution in [3.8, 4) is 5.88 Å². The van der Waals surface area contributed by atoms with Crippen LogP contribution in [0.25, 0.3) is 16.6 Å². The molecule has 0 spiro atoms. The third-order valence-corrected chi connectivity index (χ3v) is 6.72. The quantitative estimate of drug-likeness (QED) is 0.645. The number of hydrogen-bond acceptors (Lipinski definition) is 5. The Kier molecular flexibility index (Phi) is 5.20. The highest BCUT2D eigenvalue weighted by Crippen LogP contribution is 2.37. The van der Waals surface area contributed by atoms with E-state index in [-0.39, 0.29) is 17.0 Å². The zero-order valence-corrected chi connectivity index (χ0v) is 18.2. The summed E-state index contributed by atoms with van der Waals surface area (Å²) in [5.74, 6) is -1.57. The van der Waals surface area contributed by atoms with Crippen molar-refractivity contribution in [2.24, 2.45) is 7.05 Å². The van der Waals surface area contributed by atoms with Crippen LogP contribution in [0.15, 0.2) is 34.1 Å². The topological polar surface area (TPSA) is 90.0 Å². The Morgan fingerprint density at radius 2 is 1.97 bits per heavy atom. The number of nitrogens with zero attached hydrogens (tertiary/aromatic N) is 3. The third kappa shape index (κ3) is 3.54. The number of nitrogens with one attached hydrogen (secondary N) is 1. The van der Waals surface area contributed by atoms with Crippen molar-refractivity contribution in [2.75, 3.05) is 13.4 Å². The minimum absolute atomic E-state index is 0.237. The second-order valence-corrected chi connectivity index (χ2v) is 9.79. The van der Waals surface area contributed by atoms with E-state index in [0.717, 1.165) is 43.2 Å². The normalized spacial score (nSPS) is 15.8. The maximum absolute atomic E-state index is 14.8. The maximum Gasteiger partial charge on any atom is 0.329 e. The molecule has 1 N–H and O–H groups in total. The second kappa shape index (κ2) is 7.60. The molecule has 0 saturated heterocycles. The number of methoxy groups -OCH3 is 1. The highest BCUT2D eigenvalue weighted by molar-refractivity contribution is 7.91. The van der Waals surface area contributed by atoms with Crippen molar-refractivity contribution in [1.82, 2.24) is 14.1 Å². The van der Waals surface area contributed by atoms with Crippen LogP contribution in [0.4, 0.5) is 8.78 Å². The van der Waals surface area contributed by atoms with Gasteiger partial charge < -0.3 is 4.74 Å². The number of fused-ring (bicyclic) bond motifs is 1. The Morgan fingerprint density at radius 3 is 2.52 bits per heavy atom. The van der Waals surface area contributed by atoms with Crippen molar-refractivity contribution in [3.05, 3.63) is 57.7 Å². The number of imidazole rings is 1. The summed E-state index contributed by atoms with van der Waals surface area (Å²) in [5, 5.41) is 0. The number of ether oxygens (including phenoxy) is 1. The van der Waals surface area contributed by atoms with Crippen LogP contribution in [-0.2, 0) is 23.3 Å². The lowest BCUT2D eigenvalue weighted by molar-refractivity contribution is 0.397. The molecule has 1 aliphatic rings. The van der Waals surface area contributed by atoms with Crippen LogP contribution < -0.4 is 10.4 Å². The Labute approximate surface area is 178 Å². The number of aromatic nitrogens is 3. The van der Waals surface area contributed by atoms with Gasteiger partial charge in [0, 0.05) is 18.9 Å². The molecule has 1 unspecified atom stereocenters. The van der Waals surface area contributed by atoms with Gasteiger partial charge in [0.2, 0.25) is 5.88 Å². The molecule has 0 aliphatic heterocycles. The monoisotopic (exact) mass is 448 g/mol. The summed E-state index contributed by atoms with van der Waals surface area (Å²) in [7, 11) is -0.228. The van der Waals surface area contributed by atoms with E-state index < -0.39 is 27.1 Å².